The molecule has 0 bridgehead atoms. The molecule has 1 saturated heterocycles. The van der Waals surface area contributed by atoms with Crippen molar-refractivity contribution in [1.82, 2.24) is 20.1 Å². The van der Waals surface area contributed by atoms with Gasteiger partial charge in [-0.25, -0.2) is 4.98 Å². The molecule has 0 N–H and O–H groups in total. The Labute approximate surface area is 161 Å². The molecule has 0 atom stereocenters. The standard InChI is InChI=1S/C19H23F3N4O2/c1-13-10-16(24-25-18(13)27-2)15-4-3-5-17(23-15)28-11-14-6-8-26(9-7-14)12-19(20,21)22/h3-5,10,14H,6-9,11-12H2,1-2H3. The van der Waals surface area contributed by atoms with E-state index in [0.29, 0.717) is 55.7 Å². The molecule has 0 unspecified atom stereocenters. The molecule has 0 amide bonds. The molecule has 28 heavy (non-hydrogen) atoms. The van der Waals surface area contributed by atoms with Crippen LogP contribution in [-0.2, 0) is 0 Å². The maximum absolute atomic E-state index is 12.5. The zero-order valence-corrected chi connectivity index (χ0v) is 15.9. The van der Waals surface area contributed by atoms with Crippen molar-refractivity contribution in [3.8, 4) is 23.1 Å². The lowest BCUT2D eigenvalue weighted by atomic mass is 9.98. The molecule has 0 spiro atoms. The normalized spacial score (nSPS) is 16.2. The topological polar surface area (TPSA) is 60.4 Å². The second kappa shape index (κ2) is 8.72. The van der Waals surface area contributed by atoms with Crippen LogP contribution in [0.4, 0.5) is 13.2 Å². The third-order valence-electron chi connectivity index (χ3n) is 4.70. The number of halogens is 3. The van der Waals surface area contributed by atoms with Crippen molar-refractivity contribution < 1.29 is 22.6 Å². The highest BCUT2D eigenvalue weighted by Gasteiger charge is 2.32. The minimum absolute atomic E-state index is 0.220. The fourth-order valence-electron chi connectivity index (χ4n) is 3.21. The Morgan fingerprint density at radius 3 is 2.54 bits per heavy atom. The van der Waals surface area contributed by atoms with Crippen molar-refractivity contribution in [2.75, 3.05) is 33.4 Å². The number of nitrogens with zero attached hydrogens (tertiary/aromatic N) is 4. The van der Waals surface area contributed by atoms with Crippen LogP contribution in [0.15, 0.2) is 24.3 Å². The van der Waals surface area contributed by atoms with Crippen LogP contribution in [0.3, 0.4) is 0 Å². The molecular weight excluding hydrogens is 373 g/mol. The molecule has 0 saturated carbocycles. The van der Waals surface area contributed by atoms with Gasteiger partial charge in [0.15, 0.2) is 0 Å². The fourth-order valence-corrected chi connectivity index (χ4v) is 3.21. The third-order valence-corrected chi connectivity index (χ3v) is 4.70. The first-order valence-corrected chi connectivity index (χ1v) is 9.11. The Balaban J connectivity index is 1.55. The molecule has 6 nitrogen and oxygen atoms in total. The van der Waals surface area contributed by atoms with Gasteiger partial charge in [0.1, 0.15) is 5.69 Å². The van der Waals surface area contributed by atoms with Crippen molar-refractivity contribution in [3.63, 3.8) is 0 Å². The number of hydrogen-bond acceptors (Lipinski definition) is 6. The highest BCUT2D eigenvalue weighted by Crippen LogP contribution is 2.24. The molecule has 2 aromatic heterocycles. The number of aryl methyl sites for hydroxylation is 1. The van der Waals surface area contributed by atoms with Crippen molar-refractivity contribution in [2.45, 2.75) is 25.9 Å². The number of methoxy groups -OCH3 is 1. The fraction of sp³-hybridized carbons (Fsp3) is 0.526. The van der Waals surface area contributed by atoms with Gasteiger partial charge in [-0.1, -0.05) is 6.07 Å². The summed E-state index contributed by atoms with van der Waals surface area (Å²) in [5.41, 5.74) is 2.10. The molecular formula is C19H23F3N4O2. The van der Waals surface area contributed by atoms with E-state index < -0.39 is 12.7 Å². The number of likely N-dealkylation sites (tertiary alicyclic amines) is 1. The summed E-state index contributed by atoms with van der Waals surface area (Å²) in [6.07, 6.45) is -2.78. The molecule has 2 aromatic rings. The first-order chi connectivity index (χ1) is 13.3. The van der Waals surface area contributed by atoms with Gasteiger partial charge < -0.3 is 9.47 Å². The van der Waals surface area contributed by atoms with E-state index in [-0.39, 0.29) is 5.92 Å². The maximum atomic E-state index is 12.5. The highest BCUT2D eigenvalue weighted by atomic mass is 19.4. The predicted molar refractivity (Wildman–Crippen MR) is 97.3 cm³/mol. The smallest absolute Gasteiger partial charge is 0.401 e. The highest BCUT2D eigenvalue weighted by molar-refractivity contribution is 5.55. The van der Waals surface area contributed by atoms with E-state index in [2.05, 4.69) is 15.2 Å². The van der Waals surface area contributed by atoms with Gasteiger partial charge in [0.05, 0.1) is 26.0 Å². The van der Waals surface area contributed by atoms with E-state index in [9.17, 15) is 13.2 Å². The van der Waals surface area contributed by atoms with Crippen LogP contribution in [0, 0.1) is 12.8 Å². The number of alkyl halides is 3. The number of aromatic nitrogens is 3. The predicted octanol–water partition coefficient (Wildman–Crippen LogP) is 3.51. The number of hydrogen-bond donors (Lipinski definition) is 0. The number of ether oxygens (including phenoxy) is 2. The first-order valence-electron chi connectivity index (χ1n) is 9.11. The summed E-state index contributed by atoms with van der Waals surface area (Å²) in [6.45, 7) is 2.34. The summed E-state index contributed by atoms with van der Waals surface area (Å²) >= 11 is 0. The Morgan fingerprint density at radius 2 is 1.89 bits per heavy atom. The SMILES string of the molecule is COc1nnc(-c2cccc(OCC3CCN(CC(F)(F)F)CC3)n2)cc1C. The quantitative estimate of drug-likeness (QED) is 0.745. The third kappa shape index (κ3) is 5.54. The van der Waals surface area contributed by atoms with Gasteiger partial charge in [-0.3, -0.25) is 4.90 Å². The van der Waals surface area contributed by atoms with Gasteiger partial charge in [-0.05, 0) is 50.9 Å². The van der Waals surface area contributed by atoms with Crippen molar-refractivity contribution >= 4 is 0 Å². The molecule has 0 aromatic carbocycles. The molecule has 3 heterocycles. The van der Waals surface area contributed by atoms with E-state index in [0.717, 1.165) is 5.56 Å². The Bertz CT molecular complexity index is 793. The van der Waals surface area contributed by atoms with Gasteiger partial charge in [-0.2, -0.15) is 13.2 Å². The lowest BCUT2D eigenvalue weighted by Crippen LogP contribution is -2.41. The van der Waals surface area contributed by atoms with Crippen molar-refractivity contribution in [1.29, 1.82) is 0 Å². The van der Waals surface area contributed by atoms with E-state index in [1.54, 1.807) is 6.07 Å². The van der Waals surface area contributed by atoms with Crippen molar-refractivity contribution in [2.24, 2.45) is 5.92 Å². The molecule has 1 aliphatic heterocycles. The molecule has 3 rings (SSSR count). The van der Waals surface area contributed by atoms with Crippen LogP contribution in [-0.4, -0.2) is 59.6 Å². The van der Waals surface area contributed by atoms with Crippen molar-refractivity contribution in [3.05, 3.63) is 29.8 Å². The summed E-state index contributed by atoms with van der Waals surface area (Å²) in [5.74, 6) is 1.15. The molecule has 1 fully saturated rings. The largest absolute Gasteiger partial charge is 0.480 e. The number of pyridine rings is 1. The van der Waals surface area contributed by atoms with E-state index >= 15 is 0 Å². The zero-order valence-electron chi connectivity index (χ0n) is 15.9. The summed E-state index contributed by atoms with van der Waals surface area (Å²) in [7, 11) is 1.54. The minimum Gasteiger partial charge on any atom is -0.480 e. The lowest BCUT2D eigenvalue weighted by molar-refractivity contribution is -0.148. The lowest BCUT2D eigenvalue weighted by Gasteiger charge is -2.32. The average Bonchev–Trinajstić information content (AvgIpc) is 2.66. The van der Waals surface area contributed by atoms with Gasteiger partial charge in [-0.15, -0.1) is 10.2 Å². The number of rotatable bonds is 6. The van der Waals surface area contributed by atoms with Crippen LogP contribution < -0.4 is 9.47 Å². The number of piperidine rings is 1. The average molecular weight is 396 g/mol. The molecule has 1 aliphatic rings. The summed E-state index contributed by atoms with van der Waals surface area (Å²) in [6, 6.07) is 7.24. The van der Waals surface area contributed by atoms with Crippen LogP contribution in [0.25, 0.3) is 11.4 Å². The summed E-state index contributed by atoms with van der Waals surface area (Å²) in [4.78, 5) is 5.91. The van der Waals surface area contributed by atoms with Crippen LogP contribution in [0.5, 0.6) is 11.8 Å². The maximum Gasteiger partial charge on any atom is 0.401 e. The second-order valence-corrected chi connectivity index (χ2v) is 6.93. The van der Waals surface area contributed by atoms with Crippen LogP contribution >= 0.6 is 0 Å². The Kier molecular flexibility index (Phi) is 6.33. The Hall–Kier alpha value is -2.42. The van der Waals surface area contributed by atoms with E-state index in [4.69, 9.17) is 9.47 Å². The van der Waals surface area contributed by atoms with Crippen LogP contribution in [0.1, 0.15) is 18.4 Å². The molecule has 0 aliphatic carbocycles. The van der Waals surface area contributed by atoms with Gasteiger partial charge >= 0.3 is 6.18 Å². The molecule has 9 heteroatoms. The second-order valence-electron chi connectivity index (χ2n) is 6.93. The van der Waals surface area contributed by atoms with E-state index in [1.165, 1.54) is 12.0 Å². The molecule has 152 valence electrons. The van der Waals surface area contributed by atoms with Gasteiger partial charge in [0.25, 0.3) is 0 Å². The van der Waals surface area contributed by atoms with Gasteiger partial charge in [0.2, 0.25) is 11.8 Å². The van der Waals surface area contributed by atoms with E-state index in [1.807, 2.05) is 25.1 Å². The van der Waals surface area contributed by atoms with Gasteiger partial charge in [0, 0.05) is 11.6 Å². The molecule has 0 radical (unpaired) electrons. The van der Waals surface area contributed by atoms with Crippen LogP contribution in [0.2, 0.25) is 0 Å². The minimum atomic E-state index is -4.14. The first kappa shape index (κ1) is 20.3. The zero-order chi connectivity index (χ0) is 20.1. The monoisotopic (exact) mass is 396 g/mol. The Morgan fingerprint density at radius 1 is 1.14 bits per heavy atom. The summed E-state index contributed by atoms with van der Waals surface area (Å²) in [5, 5.41) is 8.14. The summed E-state index contributed by atoms with van der Waals surface area (Å²) < 4.78 is 48.3.